The van der Waals surface area contributed by atoms with Crippen LogP contribution in [-0.2, 0) is 4.79 Å². The molecule has 4 heteroatoms. The van der Waals surface area contributed by atoms with Crippen molar-refractivity contribution >= 4 is 11.7 Å². The molecule has 3 nitrogen and oxygen atoms in total. The molecule has 2 N–H and O–H groups in total. The minimum atomic E-state index is -1.01. The fraction of sp³-hybridized carbons (Fsp3) is 0.300. The van der Waals surface area contributed by atoms with Gasteiger partial charge in [-0.25, -0.2) is 4.39 Å². The fourth-order valence-corrected chi connectivity index (χ4v) is 1.03. The Balaban J connectivity index is 2.82. The molecule has 0 spiro atoms. The zero-order valence-corrected chi connectivity index (χ0v) is 8.04. The fourth-order valence-electron chi connectivity index (χ4n) is 1.03. The number of hydrogen-bond acceptors (Lipinski definition) is 2. The van der Waals surface area contributed by atoms with Gasteiger partial charge in [-0.3, -0.25) is 4.79 Å². The van der Waals surface area contributed by atoms with Crippen molar-refractivity contribution in [2.75, 3.05) is 5.32 Å². The minimum Gasteiger partial charge on any atom is -0.480 e. The lowest BCUT2D eigenvalue weighted by Crippen LogP contribution is -2.25. The maximum atomic E-state index is 13.2. The van der Waals surface area contributed by atoms with E-state index >= 15 is 0 Å². The van der Waals surface area contributed by atoms with E-state index in [2.05, 4.69) is 5.32 Å². The molecule has 1 aromatic carbocycles. The molecule has 0 fully saturated rings. The van der Waals surface area contributed by atoms with E-state index < -0.39 is 17.8 Å². The molecule has 1 aromatic rings. The van der Waals surface area contributed by atoms with Gasteiger partial charge >= 0.3 is 5.97 Å². The van der Waals surface area contributed by atoms with Gasteiger partial charge in [0, 0.05) is 0 Å². The molecule has 0 radical (unpaired) electrons. The minimum absolute atomic E-state index is 0.213. The lowest BCUT2D eigenvalue weighted by atomic mass is 10.2. The Hall–Kier alpha value is -1.58. The van der Waals surface area contributed by atoms with E-state index in [-0.39, 0.29) is 5.69 Å². The van der Waals surface area contributed by atoms with E-state index in [1.807, 2.05) is 0 Å². The molecule has 1 rings (SSSR count). The number of hydrogen-bond donors (Lipinski definition) is 2. The van der Waals surface area contributed by atoms with Gasteiger partial charge in [-0.15, -0.1) is 0 Å². The van der Waals surface area contributed by atoms with Crippen LogP contribution in [0.25, 0.3) is 0 Å². The van der Waals surface area contributed by atoms with E-state index in [9.17, 15) is 9.18 Å². The van der Waals surface area contributed by atoms with E-state index in [1.165, 1.54) is 19.1 Å². The standard InChI is InChI=1S/C10H12FNO2/c1-6-3-4-9(8(11)5-6)12-7(2)10(13)14/h3-5,7,12H,1-2H3,(H,13,14). The Labute approximate surface area is 81.6 Å². The van der Waals surface area contributed by atoms with E-state index in [4.69, 9.17) is 5.11 Å². The molecule has 76 valence electrons. The Morgan fingerprint density at radius 3 is 2.71 bits per heavy atom. The van der Waals surface area contributed by atoms with Crippen LogP contribution in [0.3, 0.4) is 0 Å². The second kappa shape index (κ2) is 4.09. The summed E-state index contributed by atoms with van der Waals surface area (Å²) in [5.74, 6) is -1.44. The summed E-state index contributed by atoms with van der Waals surface area (Å²) in [6, 6.07) is 3.81. The zero-order valence-electron chi connectivity index (χ0n) is 8.04. The third kappa shape index (κ3) is 2.45. The number of anilines is 1. The summed E-state index contributed by atoms with van der Waals surface area (Å²) in [5.41, 5.74) is 1.02. The maximum absolute atomic E-state index is 13.2. The van der Waals surface area contributed by atoms with Gasteiger partial charge in [-0.2, -0.15) is 0 Å². The summed E-state index contributed by atoms with van der Waals surface area (Å²) in [4.78, 5) is 10.5. The summed E-state index contributed by atoms with van der Waals surface area (Å²) in [6.45, 7) is 3.23. The lowest BCUT2D eigenvalue weighted by Gasteiger charge is -2.11. The molecule has 0 aromatic heterocycles. The third-order valence-electron chi connectivity index (χ3n) is 1.87. The van der Waals surface area contributed by atoms with Crippen molar-refractivity contribution in [2.45, 2.75) is 19.9 Å². The Bertz CT molecular complexity index is 352. The highest BCUT2D eigenvalue weighted by atomic mass is 19.1. The van der Waals surface area contributed by atoms with Gasteiger partial charge in [0.2, 0.25) is 0 Å². The van der Waals surface area contributed by atoms with E-state index in [0.29, 0.717) is 0 Å². The third-order valence-corrected chi connectivity index (χ3v) is 1.87. The van der Waals surface area contributed by atoms with Crippen LogP contribution in [-0.4, -0.2) is 17.1 Å². The summed E-state index contributed by atoms with van der Waals surface area (Å²) < 4.78 is 13.2. The van der Waals surface area contributed by atoms with Crippen molar-refractivity contribution < 1.29 is 14.3 Å². The van der Waals surface area contributed by atoms with Crippen molar-refractivity contribution in [1.29, 1.82) is 0 Å². The SMILES string of the molecule is Cc1ccc(NC(C)C(=O)O)c(F)c1. The van der Waals surface area contributed by atoms with E-state index in [0.717, 1.165) is 5.56 Å². The van der Waals surface area contributed by atoms with E-state index in [1.54, 1.807) is 13.0 Å². The number of nitrogens with one attached hydrogen (secondary N) is 1. The molecule has 0 saturated heterocycles. The van der Waals surface area contributed by atoms with Crippen LogP contribution in [0, 0.1) is 12.7 Å². The monoisotopic (exact) mass is 197 g/mol. The number of halogens is 1. The molecular formula is C10H12FNO2. The predicted molar refractivity (Wildman–Crippen MR) is 51.9 cm³/mol. The smallest absolute Gasteiger partial charge is 0.325 e. The summed E-state index contributed by atoms with van der Waals surface area (Å²) in [7, 11) is 0. The summed E-state index contributed by atoms with van der Waals surface area (Å²) >= 11 is 0. The number of carbonyl (C=O) groups is 1. The second-order valence-electron chi connectivity index (χ2n) is 3.19. The first kappa shape index (κ1) is 10.5. The molecule has 0 aliphatic rings. The molecule has 1 atom stereocenters. The lowest BCUT2D eigenvalue weighted by molar-refractivity contribution is -0.137. The first-order valence-electron chi connectivity index (χ1n) is 4.26. The highest BCUT2D eigenvalue weighted by Gasteiger charge is 2.12. The van der Waals surface area contributed by atoms with Crippen LogP contribution in [0.1, 0.15) is 12.5 Å². The molecule has 1 unspecified atom stereocenters. The molecule has 0 saturated carbocycles. The molecule has 0 heterocycles. The number of carboxylic acids is 1. The quantitative estimate of drug-likeness (QED) is 0.779. The normalized spacial score (nSPS) is 12.2. The highest BCUT2D eigenvalue weighted by Crippen LogP contribution is 2.15. The van der Waals surface area contributed by atoms with Crippen LogP contribution in [0.15, 0.2) is 18.2 Å². The number of aliphatic carboxylic acids is 1. The van der Waals surface area contributed by atoms with Crippen LogP contribution < -0.4 is 5.32 Å². The summed E-state index contributed by atoms with van der Waals surface area (Å²) in [5, 5.41) is 11.2. The topological polar surface area (TPSA) is 49.3 Å². The van der Waals surface area contributed by atoms with Gasteiger partial charge in [0.25, 0.3) is 0 Å². The van der Waals surface area contributed by atoms with Crippen LogP contribution in [0.4, 0.5) is 10.1 Å². The first-order chi connectivity index (χ1) is 6.50. The molecule has 0 aliphatic carbocycles. The van der Waals surface area contributed by atoms with Gasteiger partial charge in [0.15, 0.2) is 0 Å². The van der Waals surface area contributed by atoms with Crippen molar-refractivity contribution in [1.82, 2.24) is 0 Å². The van der Waals surface area contributed by atoms with Gasteiger partial charge in [0.1, 0.15) is 11.9 Å². The van der Waals surface area contributed by atoms with Crippen LogP contribution in [0.2, 0.25) is 0 Å². The van der Waals surface area contributed by atoms with Crippen LogP contribution in [0.5, 0.6) is 0 Å². The van der Waals surface area contributed by atoms with Gasteiger partial charge < -0.3 is 10.4 Å². The van der Waals surface area contributed by atoms with Crippen LogP contribution >= 0.6 is 0 Å². The molecule has 0 aliphatic heterocycles. The van der Waals surface area contributed by atoms with Gasteiger partial charge in [-0.1, -0.05) is 6.07 Å². The summed E-state index contributed by atoms with van der Waals surface area (Å²) in [6.07, 6.45) is 0. The Kier molecular flexibility index (Phi) is 3.06. The predicted octanol–water partition coefficient (Wildman–Crippen LogP) is 2.02. The number of rotatable bonds is 3. The van der Waals surface area contributed by atoms with Crippen molar-refractivity contribution in [3.63, 3.8) is 0 Å². The average Bonchev–Trinajstić information content (AvgIpc) is 2.09. The second-order valence-corrected chi connectivity index (χ2v) is 3.19. The van der Waals surface area contributed by atoms with Gasteiger partial charge in [-0.05, 0) is 31.5 Å². The van der Waals surface area contributed by atoms with Crippen molar-refractivity contribution in [3.05, 3.63) is 29.6 Å². The molecule has 14 heavy (non-hydrogen) atoms. The highest BCUT2D eigenvalue weighted by molar-refractivity contribution is 5.76. The number of aryl methyl sites for hydroxylation is 1. The number of benzene rings is 1. The zero-order chi connectivity index (χ0) is 10.7. The van der Waals surface area contributed by atoms with Gasteiger partial charge in [0.05, 0.1) is 5.69 Å². The molecule has 0 bridgehead atoms. The molecule has 0 amide bonds. The average molecular weight is 197 g/mol. The Morgan fingerprint density at radius 1 is 1.57 bits per heavy atom. The Morgan fingerprint density at radius 2 is 2.21 bits per heavy atom. The van der Waals surface area contributed by atoms with Crippen molar-refractivity contribution in [3.8, 4) is 0 Å². The van der Waals surface area contributed by atoms with Crippen molar-refractivity contribution in [2.24, 2.45) is 0 Å². The largest absolute Gasteiger partial charge is 0.480 e. The maximum Gasteiger partial charge on any atom is 0.325 e. The first-order valence-corrected chi connectivity index (χ1v) is 4.26. The molecular weight excluding hydrogens is 185 g/mol. The number of carboxylic acid groups (broad SMARTS) is 1.